The van der Waals surface area contributed by atoms with Crippen molar-refractivity contribution in [2.45, 2.75) is 95.2 Å². The third kappa shape index (κ3) is 6.79. The number of para-hydroxylation sites is 1. The minimum atomic E-state index is -0.829. The lowest BCUT2D eigenvalue weighted by molar-refractivity contribution is -0.165. The number of piperazine rings is 1. The Morgan fingerprint density at radius 2 is 1.82 bits per heavy atom. The van der Waals surface area contributed by atoms with Gasteiger partial charge in [0.15, 0.2) is 0 Å². The standard InChI is InChI=1S/C31H48N4O5/c1-3-4-19-35-29(38)26(27(36)23-12-6-5-7-13-23)33-30(39)31(35)16-20-34(21-17-31)18-10-11-22-40-25-15-9-8-14-24(25)28(37)32-2/h8-9,14-15,23,26-27,36H,3-7,10-13,16-22H2,1-2H3,(H,32,37)(H,33,39)/t26-,27-/m1/s1. The van der Waals surface area contributed by atoms with E-state index in [4.69, 9.17) is 4.74 Å². The summed E-state index contributed by atoms with van der Waals surface area (Å²) in [6.45, 7) is 5.58. The molecule has 2 aliphatic heterocycles. The van der Waals surface area contributed by atoms with Crippen LogP contribution >= 0.6 is 0 Å². The zero-order valence-electron chi connectivity index (χ0n) is 24.3. The minimum absolute atomic E-state index is 0.0770. The van der Waals surface area contributed by atoms with Crippen LogP contribution < -0.4 is 15.4 Å². The molecule has 1 spiro atoms. The SMILES string of the molecule is CCCCN1C(=O)[C@@H]([C@H](O)C2CCCCC2)NC(=O)C12CCN(CCCCOc1ccccc1C(=O)NC)CC2. The van der Waals surface area contributed by atoms with E-state index in [0.29, 0.717) is 37.3 Å². The van der Waals surface area contributed by atoms with E-state index < -0.39 is 17.7 Å². The number of nitrogens with one attached hydrogen (secondary N) is 2. The number of hydrogen-bond acceptors (Lipinski definition) is 6. The lowest BCUT2D eigenvalue weighted by atomic mass is 9.78. The number of piperidine rings is 1. The van der Waals surface area contributed by atoms with Crippen LogP contribution in [0.15, 0.2) is 24.3 Å². The molecular weight excluding hydrogens is 508 g/mol. The summed E-state index contributed by atoms with van der Waals surface area (Å²) in [6, 6.07) is 6.43. The number of unbranched alkanes of at least 4 members (excludes halogenated alkanes) is 2. The number of carbonyl (C=O) groups is 3. The number of nitrogens with zero attached hydrogens (tertiary/aromatic N) is 2. The van der Waals surface area contributed by atoms with Gasteiger partial charge in [0.05, 0.1) is 18.3 Å². The monoisotopic (exact) mass is 556 g/mol. The average molecular weight is 557 g/mol. The van der Waals surface area contributed by atoms with Gasteiger partial charge in [-0.15, -0.1) is 0 Å². The van der Waals surface area contributed by atoms with Crippen molar-refractivity contribution in [1.29, 1.82) is 0 Å². The highest BCUT2D eigenvalue weighted by Crippen LogP contribution is 2.36. The fourth-order valence-electron chi connectivity index (χ4n) is 6.64. The molecule has 9 heteroatoms. The van der Waals surface area contributed by atoms with E-state index in [1.807, 2.05) is 23.1 Å². The van der Waals surface area contributed by atoms with Crippen LogP contribution in [0.25, 0.3) is 0 Å². The van der Waals surface area contributed by atoms with Crippen molar-refractivity contribution in [3.8, 4) is 5.75 Å². The maximum Gasteiger partial charge on any atom is 0.254 e. The second-order valence-electron chi connectivity index (χ2n) is 11.7. The van der Waals surface area contributed by atoms with Gasteiger partial charge in [0.1, 0.15) is 17.3 Å². The molecule has 2 heterocycles. The van der Waals surface area contributed by atoms with Crippen LogP contribution in [0.1, 0.15) is 87.9 Å². The number of likely N-dealkylation sites (tertiary alicyclic amines) is 1. The molecule has 1 aliphatic carbocycles. The van der Waals surface area contributed by atoms with Crippen LogP contribution in [0.2, 0.25) is 0 Å². The van der Waals surface area contributed by atoms with E-state index in [0.717, 1.165) is 71.0 Å². The van der Waals surface area contributed by atoms with Gasteiger partial charge in [-0.2, -0.15) is 0 Å². The molecule has 1 aromatic carbocycles. The Labute approximate surface area is 239 Å². The number of carbonyl (C=O) groups excluding carboxylic acids is 3. The van der Waals surface area contributed by atoms with E-state index in [9.17, 15) is 19.5 Å². The molecule has 0 bridgehead atoms. The highest BCUT2D eigenvalue weighted by atomic mass is 16.5. The first-order valence-corrected chi connectivity index (χ1v) is 15.4. The second kappa shape index (κ2) is 14.3. The van der Waals surface area contributed by atoms with Gasteiger partial charge in [-0.1, -0.05) is 44.7 Å². The van der Waals surface area contributed by atoms with Crippen LogP contribution in [0.5, 0.6) is 5.75 Å². The highest BCUT2D eigenvalue weighted by Gasteiger charge is 2.55. The third-order valence-corrected chi connectivity index (χ3v) is 9.14. The van der Waals surface area contributed by atoms with Gasteiger partial charge in [-0.3, -0.25) is 14.4 Å². The van der Waals surface area contributed by atoms with E-state index >= 15 is 0 Å². The molecule has 3 aliphatic rings. The Kier molecular flexibility index (Phi) is 10.8. The van der Waals surface area contributed by atoms with Crippen LogP contribution in [0, 0.1) is 5.92 Å². The predicted octanol–water partition coefficient (Wildman–Crippen LogP) is 3.11. The zero-order chi connectivity index (χ0) is 28.5. The third-order valence-electron chi connectivity index (χ3n) is 9.14. The zero-order valence-corrected chi connectivity index (χ0v) is 24.3. The van der Waals surface area contributed by atoms with E-state index in [-0.39, 0.29) is 23.6 Å². The Morgan fingerprint density at radius 3 is 2.52 bits per heavy atom. The summed E-state index contributed by atoms with van der Waals surface area (Å²) in [5, 5.41) is 16.8. The summed E-state index contributed by atoms with van der Waals surface area (Å²) >= 11 is 0. The molecule has 3 fully saturated rings. The molecule has 4 rings (SSSR count). The molecule has 2 saturated heterocycles. The summed E-state index contributed by atoms with van der Waals surface area (Å²) < 4.78 is 5.89. The topological polar surface area (TPSA) is 111 Å². The molecule has 9 nitrogen and oxygen atoms in total. The van der Waals surface area contributed by atoms with Crippen molar-refractivity contribution < 1.29 is 24.2 Å². The van der Waals surface area contributed by atoms with Gasteiger partial charge in [-0.05, 0) is 69.5 Å². The number of ether oxygens (including phenoxy) is 1. The van der Waals surface area contributed by atoms with Gasteiger partial charge >= 0.3 is 0 Å². The van der Waals surface area contributed by atoms with Crippen molar-refractivity contribution in [1.82, 2.24) is 20.4 Å². The number of hydrogen-bond donors (Lipinski definition) is 3. The number of rotatable bonds is 12. The molecule has 0 unspecified atom stereocenters. The Morgan fingerprint density at radius 1 is 1.10 bits per heavy atom. The first-order chi connectivity index (χ1) is 19.4. The fraction of sp³-hybridized carbons (Fsp3) is 0.710. The van der Waals surface area contributed by atoms with Crippen LogP contribution in [0.3, 0.4) is 0 Å². The van der Waals surface area contributed by atoms with E-state index in [2.05, 4.69) is 22.5 Å². The van der Waals surface area contributed by atoms with Gasteiger partial charge in [0, 0.05) is 26.7 Å². The number of amides is 3. The summed E-state index contributed by atoms with van der Waals surface area (Å²) in [5.74, 6) is 0.313. The molecule has 222 valence electrons. The van der Waals surface area contributed by atoms with Gasteiger partial charge in [0.2, 0.25) is 11.8 Å². The van der Waals surface area contributed by atoms with Gasteiger partial charge < -0.3 is 30.3 Å². The Bertz CT molecular complexity index is 1000. The number of benzene rings is 1. The van der Waals surface area contributed by atoms with Crippen LogP contribution in [-0.4, -0.2) is 90.1 Å². The largest absolute Gasteiger partial charge is 0.493 e. The Balaban J connectivity index is 1.29. The normalized spacial score (nSPS) is 22.7. The predicted molar refractivity (Wildman–Crippen MR) is 154 cm³/mol. The quantitative estimate of drug-likeness (QED) is 0.341. The van der Waals surface area contributed by atoms with Crippen molar-refractivity contribution >= 4 is 17.7 Å². The maximum absolute atomic E-state index is 13.8. The van der Waals surface area contributed by atoms with Crippen LogP contribution in [-0.2, 0) is 9.59 Å². The van der Waals surface area contributed by atoms with Gasteiger partial charge in [-0.25, -0.2) is 0 Å². The van der Waals surface area contributed by atoms with E-state index in [1.165, 1.54) is 6.42 Å². The van der Waals surface area contributed by atoms with Crippen molar-refractivity contribution in [2.24, 2.45) is 5.92 Å². The molecule has 2 atom stereocenters. The fourth-order valence-corrected chi connectivity index (χ4v) is 6.64. The lowest BCUT2D eigenvalue weighted by Gasteiger charge is -2.52. The first-order valence-electron chi connectivity index (χ1n) is 15.4. The maximum atomic E-state index is 13.8. The summed E-state index contributed by atoms with van der Waals surface area (Å²) in [5.41, 5.74) is -0.286. The van der Waals surface area contributed by atoms with Gasteiger partial charge in [0.25, 0.3) is 5.91 Å². The molecule has 0 aromatic heterocycles. The second-order valence-corrected chi connectivity index (χ2v) is 11.7. The van der Waals surface area contributed by atoms with Crippen molar-refractivity contribution in [2.75, 3.05) is 39.8 Å². The van der Waals surface area contributed by atoms with Crippen molar-refractivity contribution in [3.63, 3.8) is 0 Å². The summed E-state index contributed by atoms with van der Waals surface area (Å²) in [7, 11) is 1.61. The number of aliphatic hydroxyl groups is 1. The molecule has 1 saturated carbocycles. The molecular formula is C31H48N4O5. The average Bonchev–Trinajstić information content (AvgIpc) is 2.99. The molecule has 40 heavy (non-hydrogen) atoms. The first kappa shape index (κ1) is 30.3. The molecule has 0 radical (unpaired) electrons. The summed E-state index contributed by atoms with van der Waals surface area (Å²) in [4.78, 5) is 43.6. The van der Waals surface area contributed by atoms with Crippen molar-refractivity contribution in [3.05, 3.63) is 29.8 Å². The number of aliphatic hydroxyl groups excluding tert-OH is 1. The van der Waals surface area contributed by atoms with Crippen LogP contribution in [0.4, 0.5) is 0 Å². The lowest BCUT2D eigenvalue weighted by Crippen LogP contribution is -2.75. The van der Waals surface area contributed by atoms with E-state index in [1.54, 1.807) is 13.1 Å². The Hall–Kier alpha value is -2.65. The molecule has 3 N–H and O–H groups in total. The minimum Gasteiger partial charge on any atom is -0.493 e. The summed E-state index contributed by atoms with van der Waals surface area (Å²) in [6.07, 6.45) is 9.14. The smallest absolute Gasteiger partial charge is 0.254 e. The molecule has 3 amide bonds. The highest BCUT2D eigenvalue weighted by molar-refractivity contribution is 6.00. The molecule has 1 aromatic rings.